The molecule has 0 unspecified atom stereocenters. The van der Waals surface area contributed by atoms with E-state index in [0.29, 0.717) is 5.56 Å². The molecule has 0 saturated heterocycles. The summed E-state index contributed by atoms with van der Waals surface area (Å²) >= 11 is 0. The lowest BCUT2D eigenvalue weighted by Gasteiger charge is -2.07. The van der Waals surface area contributed by atoms with Gasteiger partial charge in [-0.15, -0.1) is 0 Å². The second-order valence-corrected chi connectivity index (χ2v) is 10.6. The van der Waals surface area contributed by atoms with Crippen LogP contribution < -0.4 is 19.8 Å². The van der Waals surface area contributed by atoms with Gasteiger partial charge in [0.05, 0.1) is 0 Å². The molecule has 42 heavy (non-hydrogen) atoms. The number of nitrogens with zero attached hydrogens (tertiary/aromatic N) is 2. The number of anilines is 2. The maximum absolute atomic E-state index is 12.9. The Kier molecular flexibility index (Phi) is 9.34. The highest BCUT2D eigenvalue weighted by molar-refractivity contribution is 6.05. The van der Waals surface area contributed by atoms with Crippen molar-refractivity contribution in [2.24, 2.45) is 0 Å². The molecule has 0 fully saturated rings. The molecule has 0 bridgehead atoms. The first-order valence-corrected chi connectivity index (χ1v) is 14.8. The Morgan fingerprint density at radius 1 is 0.690 bits per heavy atom. The van der Waals surface area contributed by atoms with Crippen molar-refractivity contribution in [3.05, 3.63) is 115 Å². The van der Waals surface area contributed by atoms with Crippen molar-refractivity contribution in [3.63, 3.8) is 0 Å². The molecule has 2 N–H and O–H groups in total. The minimum Gasteiger partial charge on any atom is -0.322 e. The average Bonchev–Trinajstić information content (AvgIpc) is 3.01. The zero-order valence-corrected chi connectivity index (χ0v) is 24.3. The number of unbranched alkanes of at least 4 members (excludes halogenated alkanes) is 2. The summed E-state index contributed by atoms with van der Waals surface area (Å²) in [5.41, 5.74) is 5.20. The fourth-order valence-corrected chi connectivity index (χ4v) is 5.07. The van der Waals surface area contributed by atoms with Crippen LogP contribution in [-0.4, -0.2) is 11.8 Å². The summed E-state index contributed by atoms with van der Waals surface area (Å²) in [5.74, 6) is -0.386. The van der Waals surface area contributed by atoms with E-state index >= 15 is 0 Å². The largest absolute Gasteiger partial charge is 0.322 e. The number of carbonyl (C=O) groups excluding carboxylic acids is 2. The van der Waals surface area contributed by atoms with Gasteiger partial charge in [0, 0.05) is 70.9 Å². The Balaban J connectivity index is 1.19. The quantitative estimate of drug-likeness (QED) is 0.134. The molecule has 5 rings (SSSR count). The predicted molar refractivity (Wildman–Crippen MR) is 170 cm³/mol. The summed E-state index contributed by atoms with van der Waals surface area (Å²) < 4.78 is 4.50. The maximum atomic E-state index is 12.9. The van der Waals surface area contributed by atoms with Gasteiger partial charge in [-0.05, 0) is 60.2 Å². The summed E-state index contributed by atoms with van der Waals surface area (Å²) in [5, 5.41) is 8.13. The van der Waals surface area contributed by atoms with Crippen LogP contribution in [0.15, 0.2) is 103 Å². The molecule has 0 spiro atoms. The molecule has 0 aliphatic rings. The van der Waals surface area contributed by atoms with Crippen molar-refractivity contribution in [2.45, 2.75) is 52.6 Å². The van der Waals surface area contributed by atoms with Crippen molar-refractivity contribution in [3.8, 4) is 0 Å². The van der Waals surface area contributed by atoms with E-state index in [1.54, 1.807) is 18.2 Å². The van der Waals surface area contributed by atoms with Gasteiger partial charge in [0.1, 0.15) is 13.1 Å². The zero-order valence-electron chi connectivity index (χ0n) is 24.3. The topological polar surface area (TPSA) is 66.0 Å². The number of amides is 2. The predicted octanol–water partition coefficient (Wildman–Crippen LogP) is 7.07. The van der Waals surface area contributed by atoms with Crippen LogP contribution in [0.25, 0.3) is 27.9 Å². The van der Waals surface area contributed by atoms with Gasteiger partial charge in [-0.25, -0.2) is 0 Å². The van der Waals surface area contributed by atoms with E-state index in [4.69, 9.17) is 0 Å². The lowest BCUT2D eigenvalue weighted by atomic mass is 10.1. The maximum Gasteiger partial charge on any atom is 0.255 e. The van der Waals surface area contributed by atoms with Gasteiger partial charge >= 0.3 is 0 Å². The highest BCUT2D eigenvalue weighted by atomic mass is 16.2. The fourth-order valence-electron chi connectivity index (χ4n) is 5.07. The fraction of sp³-hybridized carbons (Fsp3) is 0.222. The lowest BCUT2D eigenvalue weighted by Crippen LogP contribution is -2.33. The summed E-state index contributed by atoms with van der Waals surface area (Å²) in [6, 6.07) is 27.4. The number of nitrogens with one attached hydrogen (secondary N) is 2. The molecular weight excluding hydrogens is 520 g/mol. The summed E-state index contributed by atoms with van der Waals surface area (Å²) in [6.07, 6.45) is 12.0. The number of rotatable bonds is 11. The van der Waals surface area contributed by atoms with Crippen molar-refractivity contribution >= 4 is 51.1 Å². The van der Waals surface area contributed by atoms with Crippen LogP contribution in [0.3, 0.4) is 0 Å². The monoisotopic (exact) mass is 558 g/mol. The SMILES string of the molecule is CCCC[n+]1cccc2cc(NC(=O)/C=C/c3ccc(C(=O)Nc4ccc5c(ccc[n+]5CCCC)c4)cc3)ccc21. The molecule has 2 heterocycles. The number of pyridine rings is 2. The number of aromatic nitrogens is 2. The van der Waals surface area contributed by atoms with E-state index in [0.717, 1.165) is 77.5 Å². The van der Waals surface area contributed by atoms with Gasteiger partial charge in [-0.3, -0.25) is 9.59 Å². The van der Waals surface area contributed by atoms with Gasteiger partial charge in [0.2, 0.25) is 16.9 Å². The van der Waals surface area contributed by atoms with Crippen LogP contribution in [-0.2, 0) is 17.9 Å². The molecule has 6 nitrogen and oxygen atoms in total. The third kappa shape index (κ3) is 7.07. The molecule has 5 aromatic rings. The van der Waals surface area contributed by atoms with E-state index in [2.05, 4.69) is 70.3 Å². The standard InChI is InChI=1S/C36H36N4O2/c1-3-5-21-39-23-7-9-29-25-31(16-18-33(29)39)37-35(41)20-13-27-11-14-28(15-12-27)36(42)38-32-17-19-34-30(26-32)10-8-24-40(34)22-6-4-2/h7-20,23-26H,3-6,21-22H2,1-2H3/p+2/b20-13+. The van der Waals surface area contributed by atoms with Gasteiger partial charge in [0.25, 0.3) is 5.91 Å². The van der Waals surface area contributed by atoms with E-state index < -0.39 is 0 Å². The molecule has 2 amide bonds. The second-order valence-electron chi connectivity index (χ2n) is 10.6. The average molecular weight is 559 g/mol. The van der Waals surface area contributed by atoms with E-state index in [9.17, 15) is 9.59 Å². The lowest BCUT2D eigenvalue weighted by molar-refractivity contribution is -0.672. The molecule has 0 radical (unpaired) electrons. The first-order chi connectivity index (χ1) is 20.5. The van der Waals surface area contributed by atoms with Crippen LogP contribution in [0.2, 0.25) is 0 Å². The minimum absolute atomic E-state index is 0.176. The number of carbonyl (C=O) groups is 2. The molecule has 3 aromatic carbocycles. The Morgan fingerprint density at radius 3 is 1.79 bits per heavy atom. The zero-order chi connectivity index (χ0) is 29.3. The third-order valence-corrected chi connectivity index (χ3v) is 7.39. The summed E-state index contributed by atoms with van der Waals surface area (Å²) in [4.78, 5) is 25.5. The minimum atomic E-state index is -0.210. The van der Waals surface area contributed by atoms with E-state index in [-0.39, 0.29) is 11.8 Å². The van der Waals surface area contributed by atoms with Crippen LogP contribution in [0.4, 0.5) is 11.4 Å². The van der Waals surface area contributed by atoms with Crippen LogP contribution >= 0.6 is 0 Å². The number of hydrogen-bond donors (Lipinski definition) is 2. The number of aryl methyl sites for hydroxylation is 2. The molecule has 6 heteroatoms. The Labute approximate surface area is 247 Å². The summed E-state index contributed by atoms with van der Waals surface area (Å²) in [7, 11) is 0. The van der Waals surface area contributed by atoms with Crippen LogP contribution in [0.5, 0.6) is 0 Å². The van der Waals surface area contributed by atoms with E-state index in [1.165, 1.54) is 6.08 Å². The summed E-state index contributed by atoms with van der Waals surface area (Å²) in [6.45, 7) is 6.33. The Morgan fingerprint density at radius 2 is 1.24 bits per heavy atom. The first kappa shape index (κ1) is 28.7. The first-order valence-electron chi connectivity index (χ1n) is 14.8. The molecular formula is C36H38N4O2+2. The van der Waals surface area contributed by atoms with Crippen LogP contribution in [0, 0.1) is 0 Å². The normalized spacial score (nSPS) is 11.3. The number of fused-ring (bicyclic) bond motifs is 2. The molecule has 0 saturated carbocycles. The highest BCUT2D eigenvalue weighted by Crippen LogP contribution is 2.19. The smallest absolute Gasteiger partial charge is 0.255 e. The van der Waals surface area contributed by atoms with Crippen molar-refractivity contribution in [1.29, 1.82) is 0 Å². The van der Waals surface area contributed by atoms with Crippen molar-refractivity contribution < 1.29 is 18.7 Å². The van der Waals surface area contributed by atoms with Crippen molar-refractivity contribution in [1.82, 2.24) is 0 Å². The van der Waals surface area contributed by atoms with Gasteiger partial charge in [-0.2, -0.15) is 9.13 Å². The van der Waals surface area contributed by atoms with E-state index in [1.807, 2.05) is 48.5 Å². The van der Waals surface area contributed by atoms with Gasteiger partial charge in [-0.1, -0.05) is 38.8 Å². The van der Waals surface area contributed by atoms with Crippen LogP contribution in [0.1, 0.15) is 55.5 Å². The Hall–Kier alpha value is -4.84. The molecule has 0 atom stereocenters. The van der Waals surface area contributed by atoms with Crippen molar-refractivity contribution in [2.75, 3.05) is 10.6 Å². The number of benzene rings is 3. The molecule has 0 aliphatic heterocycles. The second kappa shape index (κ2) is 13.7. The third-order valence-electron chi connectivity index (χ3n) is 7.39. The highest BCUT2D eigenvalue weighted by Gasteiger charge is 2.12. The van der Waals surface area contributed by atoms with Gasteiger partial charge in [0.15, 0.2) is 12.4 Å². The number of hydrogen-bond acceptors (Lipinski definition) is 2. The molecule has 212 valence electrons. The molecule has 2 aromatic heterocycles. The Bertz CT molecular complexity index is 1740. The molecule has 0 aliphatic carbocycles. The van der Waals surface area contributed by atoms with Gasteiger partial charge < -0.3 is 10.6 Å².